The van der Waals surface area contributed by atoms with Crippen LogP contribution in [0.1, 0.15) is 15.9 Å². The molecule has 0 aliphatic carbocycles. The molecule has 0 bridgehead atoms. The van der Waals surface area contributed by atoms with Gasteiger partial charge in [-0.15, -0.1) is 0 Å². The number of hydrogen-bond acceptors (Lipinski definition) is 4. The molecule has 1 aromatic carbocycles. The normalized spacial score (nSPS) is 10.3. The first-order chi connectivity index (χ1) is 9.47. The molecule has 2 rings (SSSR count). The molecule has 6 heteroatoms. The Morgan fingerprint density at radius 3 is 2.60 bits per heavy atom. The van der Waals surface area contributed by atoms with Crippen molar-refractivity contribution >= 4 is 17.5 Å². The Balaban J connectivity index is 2.18. The summed E-state index contributed by atoms with van der Waals surface area (Å²) in [4.78, 5) is 16.6. The zero-order chi connectivity index (χ0) is 14.7. The largest absolute Gasteiger partial charge is 0.478 e. The van der Waals surface area contributed by atoms with Crippen molar-refractivity contribution in [2.45, 2.75) is 6.54 Å². The van der Waals surface area contributed by atoms with Gasteiger partial charge in [0.05, 0.1) is 11.3 Å². The number of anilines is 2. The van der Waals surface area contributed by atoms with Crippen LogP contribution in [0.3, 0.4) is 0 Å². The Kier molecular flexibility index (Phi) is 3.84. The fourth-order valence-electron chi connectivity index (χ4n) is 1.85. The van der Waals surface area contributed by atoms with Crippen molar-refractivity contribution in [3.8, 4) is 0 Å². The minimum Gasteiger partial charge on any atom is -0.478 e. The van der Waals surface area contributed by atoms with E-state index in [0.29, 0.717) is 12.4 Å². The summed E-state index contributed by atoms with van der Waals surface area (Å²) in [6.45, 7) is 0.490. The van der Waals surface area contributed by atoms with E-state index in [-0.39, 0.29) is 17.1 Å². The number of carbonyl (C=O) groups is 1. The van der Waals surface area contributed by atoms with Gasteiger partial charge in [0.15, 0.2) is 5.82 Å². The second-order valence-electron chi connectivity index (χ2n) is 4.42. The lowest BCUT2D eigenvalue weighted by molar-refractivity contribution is 0.0696. The van der Waals surface area contributed by atoms with Crippen LogP contribution in [0.25, 0.3) is 0 Å². The highest BCUT2D eigenvalue weighted by Crippen LogP contribution is 2.21. The van der Waals surface area contributed by atoms with Crippen molar-refractivity contribution in [1.29, 1.82) is 0 Å². The molecule has 0 unspecified atom stereocenters. The molecule has 2 aromatic rings. The molecule has 0 aliphatic rings. The number of rotatable bonds is 4. The van der Waals surface area contributed by atoms with Crippen LogP contribution in [0.5, 0.6) is 0 Å². The van der Waals surface area contributed by atoms with Gasteiger partial charge in [-0.1, -0.05) is 12.1 Å². The second kappa shape index (κ2) is 5.56. The predicted octanol–water partition coefficient (Wildman–Crippen LogP) is 2.14. The summed E-state index contributed by atoms with van der Waals surface area (Å²) in [6.07, 6.45) is 1.26. The molecule has 0 atom stereocenters. The van der Waals surface area contributed by atoms with Gasteiger partial charge in [0, 0.05) is 19.8 Å². The molecular formula is C14H14FN3O2. The molecule has 0 saturated heterocycles. The number of nitrogen functional groups attached to an aromatic ring is 1. The van der Waals surface area contributed by atoms with Crippen LogP contribution in [-0.4, -0.2) is 23.1 Å². The van der Waals surface area contributed by atoms with E-state index in [0.717, 1.165) is 5.56 Å². The van der Waals surface area contributed by atoms with Crippen LogP contribution in [0.15, 0.2) is 36.5 Å². The summed E-state index contributed by atoms with van der Waals surface area (Å²) in [5, 5.41) is 8.86. The summed E-state index contributed by atoms with van der Waals surface area (Å²) in [6, 6.07) is 7.48. The fraction of sp³-hybridized carbons (Fsp3) is 0.143. The Morgan fingerprint density at radius 2 is 2.05 bits per heavy atom. The van der Waals surface area contributed by atoms with Crippen LogP contribution in [0.2, 0.25) is 0 Å². The van der Waals surface area contributed by atoms with Gasteiger partial charge in [0.25, 0.3) is 0 Å². The number of aromatic carboxylic acids is 1. The number of halogens is 1. The zero-order valence-electron chi connectivity index (χ0n) is 10.9. The molecule has 0 amide bonds. The van der Waals surface area contributed by atoms with Crippen LogP contribution < -0.4 is 10.6 Å². The Bertz CT molecular complexity index is 629. The van der Waals surface area contributed by atoms with Crippen LogP contribution in [0.4, 0.5) is 15.9 Å². The third kappa shape index (κ3) is 3.03. The van der Waals surface area contributed by atoms with Crippen molar-refractivity contribution < 1.29 is 14.3 Å². The average Bonchev–Trinajstić information content (AvgIpc) is 2.41. The molecule has 0 fully saturated rings. The molecule has 1 aromatic heterocycles. The lowest BCUT2D eigenvalue weighted by Crippen LogP contribution is -2.19. The van der Waals surface area contributed by atoms with Crippen molar-refractivity contribution in [2.24, 2.45) is 0 Å². The third-order valence-electron chi connectivity index (χ3n) is 2.84. The monoisotopic (exact) mass is 275 g/mol. The SMILES string of the molecule is CN(Cc1ccc(F)cc1)c1ncc(C(=O)O)cc1N. The molecule has 3 N–H and O–H groups in total. The van der Waals surface area contributed by atoms with E-state index < -0.39 is 5.97 Å². The van der Waals surface area contributed by atoms with Crippen molar-refractivity contribution in [2.75, 3.05) is 17.7 Å². The van der Waals surface area contributed by atoms with Gasteiger partial charge in [-0.05, 0) is 23.8 Å². The second-order valence-corrected chi connectivity index (χ2v) is 4.42. The molecule has 1 heterocycles. The Morgan fingerprint density at radius 1 is 1.40 bits per heavy atom. The van der Waals surface area contributed by atoms with E-state index in [1.807, 2.05) is 0 Å². The van der Waals surface area contributed by atoms with E-state index in [2.05, 4.69) is 4.98 Å². The summed E-state index contributed by atoms with van der Waals surface area (Å²) >= 11 is 0. The maximum absolute atomic E-state index is 12.8. The lowest BCUT2D eigenvalue weighted by Gasteiger charge is -2.20. The number of hydrogen-bond donors (Lipinski definition) is 2. The van der Waals surface area contributed by atoms with E-state index in [4.69, 9.17) is 10.8 Å². The summed E-state index contributed by atoms with van der Waals surface area (Å²) in [5.74, 6) is -0.879. The minimum atomic E-state index is -1.07. The maximum Gasteiger partial charge on any atom is 0.337 e. The Hall–Kier alpha value is -2.63. The zero-order valence-corrected chi connectivity index (χ0v) is 10.9. The number of nitrogens with zero attached hydrogens (tertiary/aromatic N) is 2. The highest BCUT2D eigenvalue weighted by atomic mass is 19.1. The summed E-state index contributed by atoms with van der Waals surface area (Å²) < 4.78 is 12.8. The van der Waals surface area contributed by atoms with E-state index in [9.17, 15) is 9.18 Å². The molecule has 104 valence electrons. The van der Waals surface area contributed by atoms with Crippen LogP contribution in [0, 0.1) is 5.82 Å². The van der Waals surface area contributed by atoms with Gasteiger partial charge in [0.2, 0.25) is 0 Å². The van der Waals surface area contributed by atoms with Gasteiger partial charge in [-0.2, -0.15) is 0 Å². The minimum absolute atomic E-state index is 0.0430. The first kappa shape index (κ1) is 13.8. The molecule has 0 radical (unpaired) electrons. The van der Waals surface area contributed by atoms with Gasteiger partial charge < -0.3 is 15.7 Å². The molecule has 20 heavy (non-hydrogen) atoms. The van der Waals surface area contributed by atoms with Crippen molar-refractivity contribution in [3.05, 3.63) is 53.5 Å². The number of carboxylic acid groups (broad SMARTS) is 1. The third-order valence-corrected chi connectivity index (χ3v) is 2.84. The van der Waals surface area contributed by atoms with Crippen LogP contribution >= 0.6 is 0 Å². The van der Waals surface area contributed by atoms with Gasteiger partial charge in [-0.3, -0.25) is 0 Å². The molecule has 5 nitrogen and oxygen atoms in total. The average molecular weight is 275 g/mol. The summed E-state index contributed by atoms with van der Waals surface area (Å²) in [5.41, 5.74) is 7.04. The van der Waals surface area contributed by atoms with Gasteiger partial charge in [-0.25, -0.2) is 14.2 Å². The van der Waals surface area contributed by atoms with E-state index >= 15 is 0 Å². The maximum atomic E-state index is 12.8. The number of aromatic nitrogens is 1. The number of nitrogens with two attached hydrogens (primary N) is 1. The summed E-state index contributed by atoms with van der Waals surface area (Å²) in [7, 11) is 1.78. The smallest absolute Gasteiger partial charge is 0.337 e. The molecular weight excluding hydrogens is 261 g/mol. The van der Waals surface area contributed by atoms with Gasteiger partial charge in [0.1, 0.15) is 5.82 Å². The lowest BCUT2D eigenvalue weighted by atomic mass is 10.2. The molecule has 0 aliphatic heterocycles. The topological polar surface area (TPSA) is 79.5 Å². The van der Waals surface area contributed by atoms with Crippen molar-refractivity contribution in [1.82, 2.24) is 4.98 Å². The van der Waals surface area contributed by atoms with E-state index in [1.165, 1.54) is 24.4 Å². The highest BCUT2D eigenvalue weighted by molar-refractivity contribution is 5.89. The van der Waals surface area contributed by atoms with Crippen LogP contribution in [-0.2, 0) is 6.54 Å². The van der Waals surface area contributed by atoms with Gasteiger partial charge >= 0.3 is 5.97 Å². The number of pyridine rings is 1. The first-order valence-electron chi connectivity index (χ1n) is 5.92. The number of carboxylic acids is 1. The molecule has 0 saturated carbocycles. The fourth-order valence-corrected chi connectivity index (χ4v) is 1.85. The molecule has 0 spiro atoms. The van der Waals surface area contributed by atoms with E-state index in [1.54, 1.807) is 24.1 Å². The quantitative estimate of drug-likeness (QED) is 0.893. The Labute approximate surface area is 115 Å². The highest BCUT2D eigenvalue weighted by Gasteiger charge is 2.11. The predicted molar refractivity (Wildman–Crippen MR) is 74.1 cm³/mol. The number of benzene rings is 1. The standard InChI is InChI=1S/C14H14FN3O2/c1-18(8-9-2-4-11(15)5-3-9)13-12(16)6-10(7-17-13)14(19)20/h2-7H,8,16H2,1H3,(H,19,20). The first-order valence-corrected chi connectivity index (χ1v) is 5.92. The van der Waals surface area contributed by atoms with Crippen molar-refractivity contribution in [3.63, 3.8) is 0 Å².